The number of nitrogens with zero attached hydrogens (tertiary/aromatic N) is 1. The number of hydrogen-bond donors (Lipinski definition) is 0. The Morgan fingerprint density at radius 3 is 2.32 bits per heavy atom. The Labute approximate surface area is 140 Å². The first kappa shape index (κ1) is 16.5. The van der Waals surface area contributed by atoms with Crippen LogP contribution >= 0.6 is 11.6 Å². The smallest absolute Gasteiger partial charge is 0.178 e. The molecule has 0 aliphatic heterocycles. The summed E-state index contributed by atoms with van der Waals surface area (Å²) in [6, 6.07) is 18.8. The van der Waals surface area contributed by atoms with Gasteiger partial charge in [-0.05, 0) is 23.8 Å². The van der Waals surface area contributed by atoms with E-state index in [2.05, 4.69) is 12.1 Å². The zero-order valence-corrected chi connectivity index (χ0v) is 13.2. The van der Waals surface area contributed by atoms with Crippen molar-refractivity contribution in [3.63, 3.8) is 0 Å². The quantitative estimate of drug-likeness (QED) is 0.639. The highest BCUT2D eigenvalue weighted by molar-refractivity contribution is 6.31. The Balaban J connectivity index is 0.00000176. The molecule has 0 unspecified atom stereocenters. The molecule has 0 bridgehead atoms. The molecule has 0 saturated carbocycles. The van der Waals surface area contributed by atoms with Gasteiger partial charge in [0.2, 0.25) is 0 Å². The standard InChI is InChI=1S/C18H14ClFN.ClH/c19-17-9-4-10-18(20)16(17)13-21-11-5-8-15(12-21)14-6-2-1-3-7-14;/h1-12H,13H2;1H/q+1;/p-1. The molecule has 0 saturated heterocycles. The van der Waals surface area contributed by atoms with E-state index in [1.54, 1.807) is 12.1 Å². The van der Waals surface area contributed by atoms with Gasteiger partial charge in [0.05, 0.1) is 10.6 Å². The first-order chi connectivity index (χ1) is 10.2. The molecule has 1 nitrogen and oxygen atoms in total. The molecule has 3 rings (SSSR count). The van der Waals surface area contributed by atoms with Gasteiger partial charge in [-0.3, -0.25) is 0 Å². The number of pyridine rings is 1. The van der Waals surface area contributed by atoms with Gasteiger partial charge < -0.3 is 12.4 Å². The predicted octanol–water partition coefficient (Wildman–Crippen LogP) is 1.49. The van der Waals surface area contributed by atoms with Crippen LogP contribution in [-0.4, -0.2) is 0 Å². The Morgan fingerprint density at radius 2 is 1.59 bits per heavy atom. The molecule has 0 radical (unpaired) electrons. The van der Waals surface area contributed by atoms with Gasteiger partial charge in [0.25, 0.3) is 0 Å². The molecule has 4 heteroatoms. The maximum absolute atomic E-state index is 13.9. The number of hydrogen-bond acceptors (Lipinski definition) is 0. The number of rotatable bonds is 3. The molecule has 112 valence electrons. The van der Waals surface area contributed by atoms with E-state index in [1.807, 2.05) is 47.3 Å². The van der Waals surface area contributed by atoms with Gasteiger partial charge in [0, 0.05) is 11.6 Å². The maximum Gasteiger partial charge on any atom is 0.178 e. The monoisotopic (exact) mass is 333 g/mol. The van der Waals surface area contributed by atoms with Crippen LogP contribution in [0, 0.1) is 5.82 Å². The summed E-state index contributed by atoms with van der Waals surface area (Å²) in [5, 5.41) is 0.451. The minimum absolute atomic E-state index is 0. The summed E-state index contributed by atoms with van der Waals surface area (Å²) in [6.45, 7) is 0.409. The molecule has 3 aromatic rings. The SMILES string of the molecule is Fc1cccc(Cl)c1C[n+]1cccc(-c2ccccc2)c1.[Cl-]. The lowest BCUT2D eigenvalue weighted by Gasteiger charge is -2.04. The van der Waals surface area contributed by atoms with Crippen LogP contribution in [0.2, 0.25) is 5.02 Å². The summed E-state index contributed by atoms with van der Waals surface area (Å²) in [5.74, 6) is -0.278. The van der Waals surface area contributed by atoms with Crippen molar-refractivity contribution >= 4 is 11.6 Å². The second-order valence-electron chi connectivity index (χ2n) is 4.83. The third-order valence-corrected chi connectivity index (χ3v) is 3.72. The van der Waals surface area contributed by atoms with E-state index in [9.17, 15) is 4.39 Å². The van der Waals surface area contributed by atoms with Crippen LogP contribution in [0.3, 0.4) is 0 Å². The van der Waals surface area contributed by atoms with Gasteiger partial charge in [-0.2, -0.15) is 0 Å². The van der Waals surface area contributed by atoms with E-state index >= 15 is 0 Å². The summed E-state index contributed by atoms with van der Waals surface area (Å²) < 4.78 is 15.8. The van der Waals surface area contributed by atoms with Gasteiger partial charge in [-0.15, -0.1) is 0 Å². The molecular formula is C18H14Cl2FN. The van der Waals surface area contributed by atoms with Gasteiger partial charge in [0.15, 0.2) is 18.9 Å². The van der Waals surface area contributed by atoms with E-state index in [4.69, 9.17) is 11.6 Å². The van der Waals surface area contributed by atoms with Crippen LogP contribution in [0.15, 0.2) is 73.1 Å². The van der Waals surface area contributed by atoms with Crippen molar-refractivity contribution < 1.29 is 21.4 Å². The third kappa shape index (κ3) is 3.65. The van der Waals surface area contributed by atoms with Crippen LogP contribution in [0.25, 0.3) is 11.1 Å². The molecule has 22 heavy (non-hydrogen) atoms. The molecule has 0 N–H and O–H groups in total. The summed E-state index contributed by atoms with van der Waals surface area (Å²) in [4.78, 5) is 0. The highest BCUT2D eigenvalue weighted by Gasteiger charge is 2.13. The van der Waals surface area contributed by atoms with Crippen molar-refractivity contribution in [1.29, 1.82) is 0 Å². The topological polar surface area (TPSA) is 3.88 Å². The highest BCUT2D eigenvalue weighted by atomic mass is 35.5. The third-order valence-electron chi connectivity index (χ3n) is 3.37. The van der Waals surface area contributed by atoms with Crippen LogP contribution in [-0.2, 0) is 6.54 Å². The predicted molar refractivity (Wildman–Crippen MR) is 82.6 cm³/mol. The molecule has 2 aromatic carbocycles. The number of benzene rings is 2. The first-order valence-corrected chi connectivity index (χ1v) is 7.09. The molecule has 0 aliphatic rings. The highest BCUT2D eigenvalue weighted by Crippen LogP contribution is 2.19. The van der Waals surface area contributed by atoms with Crippen molar-refractivity contribution in [3.05, 3.63) is 89.5 Å². The normalized spacial score (nSPS) is 10.1. The molecule has 0 amide bonds. The van der Waals surface area contributed by atoms with Crippen molar-refractivity contribution in [1.82, 2.24) is 0 Å². The Morgan fingerprint density at radius 1 is 0.864 bits per heavy atom. The molecule has 1 heterocycles. The van der Waals surface area contributed by atoms with Gasteiger partial charge in [0.1, 0.15) is 5.82 Å². The van der Waals surface area contributed by atoms with Crippen LogP contribution in [0.4, 0.5) is 4.39 Å². The summed E-state index contributed by atoms with van der Waals surface area (Å²) in [7, 11) is 0. The lowest BCUT2D eigenvalue weighted by molar-refractivity contribution is -0.688. The molecule has 0 aliphatic carbocycles. The van der Waals surface area contributed by atoms with Crippen molar-refractivity contribution in [2.24, 2.45) is 0 Å². The van der Waals surface area contributed by atoms with Gasteiger partial charge in [-0.1, -0.05) is 48.0 Å². The Hall–Kier alpha value is -1.90. The molecule has 0 fully saturated rings. The fraction of sp³-hybridized carbons (Fsp3) is 0.0556. The van der Waals surface area contributed by atoms with Crippen LogP contribution < -0.4 is 17.0 Å². The Kier molecular flexibility index (Phi) is 5.53. The van der Waals surface area contributed by atoms with E-state index < -0.39 is 0 Å². The molecule has 1 aromatic heterocycles. The van der Waals surface area contributed by atoms with E-state index in [1.165, 1.54) is 6.07 Å². The second-order valence-corrected chi connectivity index (χ2v) is 5.24. The van der Waals surface area contributed by atoms with Crippen LogP contribution in [0.5, 0.6) is 0 Å². The van der Waals surface area contributed by atoms with Crippen molar-refractivity contribution in [2.75, 3.05) is 0 Å². The molecule has 0 atom stereocenters. The zero-order valence-electron chi connectivity index (χ0n) is 11.7. The molecular weight excluding hydrogens is 320 g/mol. The maximum atomic E-state index is 13.9. The first-order valence-electron chi connectivity index (χ1n) is 6.71. The fourth-order valence-electron chi connectivity index (χ4n) is 2.29. The number of aromatic nitrogens is 1. The van der Waals surface area contributed by atoms with E-state index in [0.717, 1.165) is 11.1 Å². The fourth-order valence-corrected chi connectivity index (χ4v) is 2.51. The Bertz CT molecular complexity index is 740. The second kappa shape index (κ2) is 7.39. The average Bonchev–Trinajstić information content (AvgIpc) is 2.52. The lowest BCUT2D eigenvalue weighted by atomic mass is 10.1. The van der Waals surface area contributed by atoms with Crippen LogP contribution in [0.1, 0.15) is 5.56 Å². The minimum atomic E-state index is -0.278. The van der Waals surface area contributed by atoms with E-state index in [-0.39, 0.29) is 18.2 Å². The summed E-state index contributed by atoms with van der Waals surface area (Å²) >= 11 is 6.08. The number of halogens is 3. The van der Waals surface area contributed by atoms with E-state index in [0.29, 0.717) is 17.1 Å². The van der Waals surface area contributed by atoms with Crippen molar-refractivity contribution in [3.8, 4) is 11.1 Å². The largest absolute Gasteiger partial charge is 1.00 e. The minimum Gasteiger partial charge on any atom is -1.00 e. The summed E-state index contributed by atoms with van der Waals surface area (Å²) in [6.07, 6.45) is 3.91. The zero-order chi connectivity index (χ0) is 14.7. The lowest BCUT2D eigenvalue weighted by Crippen LogP contribution is -3.00. The van der Waals surface area contributed by atoms with Crippen molar-refractivity contribution in [2.45, 2.75) is 6.54 Å². The van der Waals surface area contributed by atoms with Gasteiger partial charge in [-0.25, -0.2) is 8.96 Å². The summed E-state index contributed by atoms with van der Waals surface area (Å²) in [5.41, 5.74) is 2.73. The average molecular weight is 334 g/mol. The van der Waals surface area contributed by atoms with Gasteiger partial charge >= 0.3 is 0 Å². The molecule has 0 spiro atoms.